The number of benzene rings is 1. The van der Waals surface area contributed by atoms with E-state index < -0.39 is 18.4 Å². The highest BCUT2D eigenvalue weighted by Gasteiger charge is 2.22. The maximum absolute atomic E-state index is 12.4. The molecule has 4 rings (SSSR count). The number of likely N-dealkylation sites (tertiary alicyclic amines) is 1. The summed E-state index contributed by atoms with van der Waals surface area (Å²) >= 11 is 6.13. The fraction of sp³-hybridized carbons (Fsp3) is 0.227. The van der Waals surface area contributed by atoms with Crippen LogP contribution in [-0.4, -0.2) is 47.2 Å². The molecule has 1 aliphatic heterocycles. The average Bonchev–Trinajstić information content (AvgIpc) is 3.52. The lowest BCUT2D eigenvalue weighted by atomic mass is 10.2. The van der Waals surface area contributed by atoms with Gasteiger partial charge in [-0.1, -0.05) is 23.7 Å². The number of furan rings is 1. The minimum Gasteiger partial charge on any atom is -0.451 e. The van der Waals surface area contributed by atoms with Crippen molar-refractivity contribution in [2.24, 2.45) is 0 Å². The SMILES string of the molecule is O=C(COC(=O)c1ccc(-c2ccccc2Cl)o1)c1c[nH]c(C(=O)N2CCCC2)c1. The predicted octanol–water partition coefficient (Wildman–Crippen LogP) is 4.20. The summed E-state index contributed by atoms with van der Waals surface area (Å²) in [6.07, 6.45) is 3.42. The molecule has 0 spiro atoms. The van der Waals surface area contributed by atoms with Gasteiger partial charge in [-0.25, -0.2) is 4.79 Å². The van der Waals surface area contributed by atoms with Crippen LogP contribution in [-0.2, 0) is 4.74 Å². The summed E-state index contributed by atoms with van der Waals surface area (Å²) in [5, 5.41) is 0.494. The molecule has 30 heavy (non-hydrogen) atoms. The lowest BCUT2D eigenvalue weighted by molar-refractivity contribution is 0.0445. The first-order chi connectivity index (χ1) is 14.5. The molecule has 0 saturated carbocycles. The van der Waals surface area contributed by atoms with Gasteiger partial charge in [0, 0.05) is 30.4 Å². The van der Waals surface area contributed by atoms with Gasteiger partial charge in [-0.15, -0.1) is 0 Å². The number of H-pyrrole nitrogens is 1. The molecule has 3 heterocycles. The number of hydrogen-bond donors (Lipinski definition) is 1. The Hall–Kier alpha value is -3.32. The zero-order valence-corrected chi connectivity index (χ0v) is 16.8. The number of rotatable bonds is 6. The number of amides is 1. The summed E-state index contributed by atoms with van der Waals surface area (Å²) in [6, 6.07) is 11.7. The number of carbonyl (C=O) groups is 3. The van der Waals surface area contributed by atoms with E-state index in [4.69, 9.17) is 20.8 Å². The second-order valence-electron chi connectivity index (χ2n) is 6.94. The third-order valence-electron chi connectivity index (χ3n) is 4.91. The molecule has 0 radical (unpaired) electrons. The van der Waals surface area contributed by atoms with E-state index in [9.17, 15) is 14.4 Å². The van der Waals surface area contributed by atoms with Crippen molar-refractivity contribution < 1.29 is 23.5 Å². The molecule has 1 fully saturated rings. The molecule has 1 N–H and O–H groups in total. The number of halogens is 1. The van der Waals surface area contributed by atoms with Gasteiger partial charge in [0.15, 0.2) is 6.61 Å². The van der Waals surface area contributed by atoms with Crippen molar-refractivity contribution in [3.05, 3.63) is 70.7 Å². The second kappa shape index (κ2) is 8.59. The Morgan fingerprint density at radius 2 is 1.87 bits per heavy atom. The molecule has 1 amide bonds. The smallest absolute Gasteiger partial charge is 0.374 e. The highest BCUT2D eigenvalue weighted by Crippen LogP contribution is 2.29. The standard InChI is InChI=1S/C22H19ClN2O5/c23-16-6-2-1-5-15(16)19-7-8-20(30-19)22(28)29-13-18(26)14-11-17(24-12-14)21(27)25-9-3-4-10-25/h1-2,5-8,11-12,24H,3-4,9-10,13H2. The molecule has 8 heteroatoms. The molecule has 0 bridgehead atoms. The van der Waals surface area contributed by atoms with Crippen molar-refractivity contribution in [1.82, 2.24) is 9.88 Å². The van der Waals surface area contributed by atoms with E-state index >= 15 is 0 Å². The number of esters is 1. The van der Waals surface area contributed by atoms with Crippen LogP contribution in [0, 0.1) is 0 Å². The van der Waals surface area contributed by atoms with E-state index in [0.29, 0.717) is 22.0 Å². The number of carbonyl (C=O) groups excluding carboxylic acids is 3. The van der Waals surface area contributed by atoms with E-state index in [2.05, 4.69) is 4.98 Å². The van der Waals surface area contributed by atoms with Crippen LogP contribution in [0.1, 0.15) is 44.2 Å². The van der Waals surface area contributed by atoms with Gasteiger partial charge in [0.2, 0.25) is 11.5 Å². The molecule has 0 aliphatic carbocycles. The maximum atomic E-state index is 12.4. The normalized spacial score (nSPS) is 13.4. The molecule has 1 aliphatic rings. The van der Waals surface area contributed by atoms with Crippen molar-refractivity contribution in [1.29, 1.82) is 0 Å². The van der Waals surface area contributed by atoms with E-state index in [1.165, 1.54) is 18.3 Å². The number of ketones is 1. The number of aromatic nitrogens is 1. The summed E-state index contributed by atoms with van der Waals surface area (Å²) in [5.41, 5.74) is 1.28. The van der Waals surface area contributed by atoms with Gasteiger partial charge < -0.3 is 19.0 Å². The van der Waals surface area contributed by atoms with Crippen molar-refractivity contribution in [2.75, 3.05) is 19.7 Å². The van der Waals surface area contributed by atoms with Crippen LogP contribution >= 0.6 is 11.6 Å². The lowest BCUT2D eigenvalue weighted by Gasteiger charge is -2.13. The van der Waals surface area contributed by atoms with E-state index in [0.717, 1.165) is 25.9 Å². The van der Waals surface area contributed by atoms with Crippen LogP contribution in [0.4, 0.5) is 0 Å². The topological polar surface area (TPSA) is 92.6 Å². The monoisotopic (exact) mass is 426 g/mol. The first-order valence-electron chi connectivity index (χ1n) is 9.55. The number of aromatic amines is 1. The van der Waals surface area contributed by atoms with Crippen LogP contribution in [0.25, 0.3) is 11.3 Å². The molecule has 3 aromatic rings. The van der Waals surface area contributed by atoms with Crippen LogP contribution < -0.4 is 0 Å². The Bertz CT molecular complexity index is 1090. The van der Waals surface area contributed by atoms with Crippen molar-refractivity contribution >= 4 is 29.3 Å². The third kappa shape index (κ3) is 4.16. The summed E-state index contributed by atoms with van der Waals surface area (Å²) in [7, 11) is 0. The molecule has 1 aromatic carbocycles. The van der Waals surface area contributed by atoms with Gasteiger partial charge in [-0.2, -0.15) is 0 Å². The summed E-state index contributed by atoms with van der Waals surface area (Å²) in [5.74, 6) is -0.916. The summed E-state index contributed by atoms with van der Waals surface area (Å²) in [4.78, 5) is 41.5. The van der Waals surface area contributed by atoms with Gasteiger partial charge in [0.05, 0.1) is 5.02 Å². The fourth-order valence-electron chi connectivity index (χ4n) is 3.31. The molecule has 7 nitrogen and oxygen atoms in total. The van der Waals surface area contributed by atoms with E-state index in [1.54, 1.807) is 35.2 Å². The quantitative estimate of drug-likeness (QED) is 0.471. The van der Waals surface area contributed by atoms with E-state index in [-0.39, 0.29) is 17.2 Å². The summed E-state index contributed by atoms with van der Waals surface area (Å²) < 4.78 is 10.6. The first-order valence-corrected chi connectivity index (χ1v) is 9.93. The minimum atomic E-state index is -0.759. The maximum Gasteiger partial charge on any atom is 0.374 e. The highest BCUT2D eigenvalue weighted by molar-refractivity contribution is 6.33. The molecule has 154 valence electrons. The van der Waals surface area contributed by atoms with Gasteiger partial charge in [0.25, 0.3) is 5.91 Å². The zero-order valence-electron chi connectivity index (χ0n) is 16.0. The minimum absolute atomic E-state index is 0.0308. The molecular weight excluding hydrogens is 408 g/mol. The van der Waals surface area contributed by atoms with Crippen LogP contribution in [0.5, 0.6) is 0 Å². The molecule has 0 unspecified atom stereocenters. The Morgan fingerprint density at radius 1 is 1.10 bits per heavy atom. The van der Waals surface area contributed by atoms with E-state index in [1.807, 2.05) is 0 Å². The molecular formula is C22H19ClN2O5. The van der Waals surface area contributed by atoms with Crippen LogP contribution in [0.15, 0.2) is 53.1 Å². The van der Waals surface area contributed by atoms with Gasteiger partial charge in [-0.05, 0) is 43.2 Å². The Morgan fingerprint density at radius 3 is 2.63 bits per heavy atom. The zero-order chi connectivity index (χ0) is 21.1. The largest absolute Gasteiger partial charge is 0.451 e. The third-order valence-corrected chi connectivity index (χ3v) is 5.24. The summed E-state index contributed by atoms with van der Waals surface area (Å²) in [6.45, 7) is 0.978. The molecule has 1 saturated heterocycles. The Labute approximate surface area is 177 Å². The highest BCUT2D eigenvalue weighted by atomic mass is 35.5. The Kier molecular flexibility index (Phi) is 5.72. The van der Waals surface area contributed by atoms with Crippen LogP contribution in [0.2, 0.25) is 5.02 Å². The van der Waals surface area contributed by atoms with Crippen LogP contribution in [0.3, 0.4) is 0 Å². The number of nitrogens with one attached hydrogen (secondary N) is 1. The predicted molar refractivity (Wildman–Crippen MR) is 110 cm³/mol. The van der Waals surface area contributed by atoms with Gasteiger partial charge in [0.1, 0.15) is 11.5 Å². The number of nitrogens with zero attached hydrogens (tertiary/aromatic N) is 1. The molecule has 2 aromatic heterocycles. The number of hydrogen-bond acceptors (Lipinski definition) is 5. The van der Waals surface area contributed by atoms with Crippen molar-refractivity contribution in [3.63, 3.8) is 0 Å². The van der Waals surface area contributed by atoms with Crippen molar-refractivity contribution in [3.8, 4) is 11.3 Å². The van der Waals surface area contributed by atoms with Gasteiger partial charge in [-0.3, -0.25) is 9.59 Å². The lowest BCUT2D eigenvalue weighted by Crippen LogP contribution is -2.27. The number of Topliss-reactive ketones (excluding diaryl/α,β-unsaturated/α-hetero) is 1. The molecule has 0 atom stereocenters. The van der Waals surface area contributed by atoms with Gasteiger partial charge >= 0.3 is 5.97 Å². The second-order valence-corrected chi connectivity index (χ2v) is 7.35. The first kappa shape index (κ1) is 20.0. The average molecular weight is 427 g/mol. The van der Waals surface area contributed by atoms with Crippen molar-refractivity contribution in [2.45, 2.75) is 12.8 Å². The number of ether oxygens (including phenoxy) is 1. The Balaban J connectivity index is 1.36. The fourth-order valence-corrected chi connectivity index (χ4v) is 3.54.